The van der Waals surface area contributed by atoms with Gasteiger partial charge in [-0.2, -0.15) is 0 Å². The van der Waals surface area contributed by atoms with Crippen LogP contribution in [0.3, 0.4) is 0 Å². The summed E-state index contributed by atoms with van der Waals surface area (Å²) in [7, 11) is 3.08. The zero-order valence-electron chi connectivity index (χ0n) is 22.7. The van der Waals surface area contributed by atoms with Crippen molar-refractivity contribution in [3.63, 3.8) is 0 Å². The highest BCUT2D eigenvalue weighted by atomic mass is 16.5. The standard InChI is InChI=1S/C33H31NO5/c1-33(2,3)21-13-18-27(39-5)26(19-21)30(35)28-29(25-12-8-10-20-9-6-7-11-24(20)25)34(32(37)31(28)36)22-14-16-23(38-4)17-15-22/h6-19,29,35H,1-5H3/b30-28+. The summed E-state index contributed by atoms with van der Waals surface area (Å²) in [6, 6.07) is 25.2. The van der Waals surface area contributed by atoms with Crippen molar-refractivity contribution in [2.24, 2.45) is 0 Å². The quantitative estimate of drug-likeness (QED) is 0.178. The van der Waals surface area contributed by atoms with E-state index < -0.39 is 17.7 Å². The summed E-state index contributed by atoms with van der Waals surface area (Å²) in [5, 5.41) is 13.7. The van der Waals surface area contributed by atoms with Gasteiger partial charge in [0.05, 0.1) is 31.4 Å². The van der Waals surface area contributed by atoms with Crippen LogP contribution in [0.25, 0.3) is 16.5 Å². The number of anilines is 1. The fourth-order valence-corrected chi connectivity index (χ4v) is 5.13. The minimum absolute atomic E-state index is 0.0107. The topological polar surface area (TPSA) is 76.1 Å². The van der Waals surface area contributed by atoms with Gasteiger partial charge in [-0.15, -0.1) is 0 Å². The highest BCUT2D eigenvalue weighted by Gasteiger charge is 2.47. The lowest BCUT2D eigenvalue weighted by Crippen LogP contribution is -2.29. The molecule has 1 atom stereocenters. The number of aliphatic hydroxyl groups excluding tert-OH is 1. The summed E-state index contributed by atoms with van der Waals surface area (Å²) in [5.41, 5.74) is 2.36. The summed E-state index contributed by atoms with van der Waals surface area (Å²) in [6.07, 6.45) is 0. The molecule has 0 radical (unpaired) electrons. The Morgan fingerprint density at radius 2 is 1.54 bits per heavy atom. The molecule has 1 aliphatic rings. The lowest BCUT2D eigenvalue weighted by Gasteiger charge is -2.27. The van der Waals surface area contributed by atoms with Gasteiger partial charge in [0.2, 0.25) is 0 Å². The van der Waals surface area contributed by atoms with Gasteiger partial charge in [-0.05, 0) is 63.7 Å². The second kappa shape index (κ2) is 9.95. The van der Waals surface area contributed by atoms with Gasteiger partial charge in [0.15, 0.2) is 0 Å². The Balaban J connectivity index is 1.81. The summed E-state index contributed by atoms with van der Waals surface area (Å²) in [6.45, 7) is 6.20. The maximum atomic E-state index is 13.8. The number of nitrogens with zero attached hydrogens (tertiary/aromatic N) is 1. The van der Waals surface area contributed by atoms with Crippen LogP contribution in [0.2, 0.25) is 0 Å². The van der Waals surface area contributed by atoms with Crippen molar-refractivity contribution in [2.75, 3.05) is 19.1 Å². The molecule has 1 aliphatic heterocycles. The van der Waals surface area contributed by atoms with E-state index in [1.165, 1.54) is 12.0 Å². The Bertz CT molecular complexity index is 1610. The van der Waals surface area contributed by atoms with Gasteiger partial charge in [0.25, 0.3) is 11.7 Å². The number of Topliss-reactive ketones (excluding diaryl/α,β-unsaturated/α-hetero) is 1. The number of aliphatic hydroxyl groups is 1. The fourth-order valence-electron chi connectivity index (χ4n) is 5.13. The zero-order valence-corrected chi connectivity index (χ0v) is 22.7. The van der Waals surface area contributed by atoms with Crippen molar-refractivity contribution in [1.82, 2.24) is 0 Å². The van der Waals surface area contributed by atoms with E-state index in [-0.39, 0.29) is 16.7 Å². The maximum Gasteiger partial charge on any atom is 0.300 e. The number of benzene rings is 4. The predicted molar refractivity (Wildman–Crippen MR) is 153 cm³/mol. The van der Waals surface area contributed by atoms with E-state index in [9.17, 15) is 14.7 Å². The average Bonchev–Trinajstić information content (AvgIpc) is 3.21. The first-order chi connectivity index (χ1) is 18.7. The molecule has 6 nitrogen and oxygen atoms in total. The average molecular weight is 522 g/mol. The summed E-state index contributed by atoms with van der Waals surface area (Å²) in [5.74, 6) is -0.714. The first-order valence-corrected chi connectivity index (χ1v) is 12.8. The maximum absolute atomic E-state index is 13.8. The molecule has 198 valence electrons. The third-order valence-corrected chi connectivity index (χ3v) is 7.23. The smallest absolute Gasteiger partial charge is 0.300 e. The normalized spacial score (nSPS) is 17.1. The van der Waals surface area contributed by atoms with Crippen LogP contribution in [-0.4, -0.2) is 31.0 Å². The monoisotopic (exact) mass is 521 g/mol. The zero-order chi connectivity index (χ0) is 27.9. The van der Waals surface area contributed by atoms with Gasteiger partial charge in [-0.3, -0.25) is 14.5 Å². The molecule has 0 saturated carbocycles. The molecular weight excluding hydrogens is 490 g/mol. The number of carbonyl (C=O) groups excluding carboxylic acids is 2. The molecule has 1 N–H and O–H groups in total. The molecule has 1 unspecified atom stereocenters. The largest absolute Gasteiger partial charge is 0.507 e. The second-order valence-electron chi connectivity index (χ2n) is 10.6. The minimum atomic E-state index is -0.868. The van der Waals surface area contributed by atoms with Crippen molar-refractivity contribution in [2.45, 2.75) is 32.2 Å². The molecule has 0 aromatic heterocycles. The number of hydrogen-bond donors (Lipinski definition) is 1. The summed E-state index contributed by atoms with van der Waals surface area (Å²) >= 11 is 0. The van der Waals surface area contributed by atoms with Crippen molar-refractivity contribution in [3.05, 3.63) is 107 Å². The van der Waals surface area contributed by atoms with Gasteiger partial charge >= 0.3 is 0 Å². The molecule has 0 aliphatic carbocycles. The third kappa shape index (κ3) is 4.52. The van der Waals surface area contributed by atoms with Crippen LogP contribution in [0.4, 0.5) is 5.69 Å². The fraction of sp³-hybridized carbons (Fsp3) is 0.212. The number of fused-ring (bicyclic) bond motifs is 1. The van der Waals surface area contributed by atoms with Crippen molar-refractivity contribution in [3.8, 4) is 11.5 Å². The summed E-state index contributed by atoms with van der Waals surface area (Å²) < 4.78 is 10.9. The summed E-state index contributed by atoms with van der Waals surface area (Å²) in [4.78, 5) is 28.9. The number of rotatable bonds is 5. The van der Waals surface area contributed by atoms with Crippen LogP contribution in [0, 0.1) is 0 Å². The van der Waals surface area contributed by atoms with E-state index in [0.29, 0.717) is 22.7 Å². The highest BCUT2D eigenvalue weighted by Crippen LogP contribution is 2.45. The number of hydrogen-bond acceptors (Lipinski definition) is 5. The molecule has 0 spiro atoms. The van der Waals surface area contributed by atoms with E-state index >= 15 is 0 Å². The Morgan fingerprint density at radius 1 is 0.846 bits per heavy atom. The van der Waals surface area contributed by atoms with Crippen molar-refractivity contribution < 1.29 is 24.2 Å². The van der Waals surface area contributed by atoms with E-state index in [2.05, 4.69) is 20.8 Å². The van der Waals surface area contributed by atoms with Crippen LogP contribution < -0.4 is 14.4 Å². The van der Waals surface area contributed by atoms with Crippen LogP contribution in [0.15, 0.2) is 90.5 Å². The van der Waals surface area contributed by atoms with Crippen LogP contribution >= 0.6 is 0 Å². The molecule has 1 amide bonds. The van der Waals surface area contributed by atoms with Gasteiger partial charge in [-0.25, -0.2) is 0 Å². The number of carbonyl (C=O) groups is 2. The number of ether oxygens (including phenoxy) is 2. The van der Waals surface area contributed by atoms with E-state index in [1.54, 1.807) is 37.4 Å². The predicted octanol–water partition coefficient (Wildman–Crippen LogP) is 6.78. The first kappa shape index (κ1) is 26.0. The van der Waals surface area contributed by atoms with Crippen LogP contribution in [0.1, 0.15) is 43.5 Å². The van der Waals surface area contributed by atoms with Crippen LogP contribution in [0.5, 0.6) is 11.5 Å². The Morgan fingerprint density at radius 3 is 2.21 bits per heavy atom. The lowest BCUT2D eigenvalue weighted by atomic mass is 9.85. The van der Waals surface area contributed by atoms with Crippen LogP contribution in [-0.2, 0) is 15.0 Å². The molecule has 1 heterocycles. The van der Waals surface area contributed by atoms with Crippen molar-refractivity contribution in [1.29, 1.82) is 0 Å². The molecule has 1 fully saturated rings. The first-order valence-electron chi connectivity index (χ1n) is 12.8. The Hall–Kier alpha value is -4.58. The van der Waals surface area contributed by atoms with Gasteiger partial charge < -0.3 is 14.6 Å². The highest BCUT2D eigenvalue weighted by molar-refractivity contribution is 6.52. The van der Waals surface area contributed by atoms with Gasteiger partial charge in [0.1, 0.15) is 17.3 Å². The number of amides is 1. The second-order valence-corrected chi connectivity index (χ2v) is 10.6. The van der Waals surface area contributed by atoms with E-state index in [0.717, 1.165) is 21.9 Å². The number of ketones is 1. The lowest BCUT2D eigenvalue weighted by molar-refractivity contribution is -0.132. The molecule has 5 rings (SSSR count). The Kier molecular flexibility index (Phi) is 6.64. The molecule has 0 bridgehead atoms. The number of methoxy groups -OCH3 is 2. The molecule has 4 aromatic rings. The third-order valence-electron chi connectivity index (χ3n) is 7.23. The molecular formula is C33H31NO5. The van der Waals surface area contributed by atoms with Crippen molar-refractivity contribution >= 4 is 33.9 Å². The molecule has 4 aromatic carbocycles. The molecule has 6 heteroatoms. The van der Waals surface area contributed by atoms with E-state index in [1.807, 2.05) is 54.6 Å². The van der Waals surface area contributed by atoms with Gasteiger partial charge in [-0.1, -0.05) is 69.3 Å². The van der Waals surface area contributed by atoms with E-state index in [4.69, 9.17) is 9.47 Å². The molecule has 1 saturated heterocycles. The molecule has 39 heavy (non-hydrogen) atoms. The SMILES string of the molecule is COc1ccc(N2C(=O)C(=O)/C(=C(/O)c3cc(C(C)(C)C)ccc3OC)C2c2cccc3ccccc23)cc1. The van der Waals surface area contributed by atoms with Gasteiger partial charge in [0, 0.05) is 5.69 Å². The minimum Gasteiger partial charge on any atom is -0.507 e. The Labute approximate surface area is 228 Å².